The number of thiophene rings is 1. The van der Waals surface area contributed by atoms with Gasteiger partial charge in [0.15, 0.2) is 5.96 Å². The number of guanidine groups is 1. The van der Waals surface area contributed by atoms with Gasteiger partial charge < -0.3 is 10.6 Å². The van der Waals surface area contributed by atoms with Crippen LogP contribution >= 0.6 is 35.3 Å². The summed E-state index contributed by atoms with van der Waals surface area (Å²) in [6.07, 6.45) is 3.49. The Morgan fingerprint density at radius 3 is 2.60 bits per heavy atom. The van der Waals surface area contributed by atoms with Crippen molar-refractivity contribution in [3.05, 3.63) is 22.4 Å². The number of rotatable bonds is 7. The van der Waals surface area contributed by atoms with Crippen LogP contribution in [0.15, 0.2) is 22.5 Å². The van der Waals surface area contributed by atoms with E-state index in [1.807, 2.05) is 18.4 Å². The zero-order valence-corrected chi connectivity index (χ0v) is 16.1. The fourth-order valence-corrected chi connectivity index (χ4v) is 2.55. The molecule has 0 spiro atoms. The first-order valence-electron chi connectivity index (χ1n) is 7.11. The summed E-state index contributed by atoms with van der Waals surface area (Å²) in [5.74, 6) is 1.67. The van der Waals surface area contributed by atoms with Gasteiger partial charge in [-0.1, -0.05) is 19.9 Å². The molecule has 0 radical (unpaired) electrons. The number of halogens is 1. The van der Waals surface area contributed by atoms with Gasteiger partial charge in [-0.05, 0) is 43.6 Å². The van der Waals surface area contributed by atoms with Crippen LogP contribution in [0.4, 0.5) is 0 Å². The van der Waals surface area contributed by atoms with E-state index in [1.165, 1.54) is 17.7 Å². The second-order valence-corrected chi connectivity index (χ2v) is 6.38. The molecule has 20 heavy (non-hydrogen) atoms. The minimum Gasteiger partial charge on any atom is -0.356 e. The van der Waals surface area contributed by atoms with Crippen LogP contribution in [0.3, 0.4) is 0 Å². The van der Waals surface area contributed by atoms with Crippen molar-refractivity contribution in [2.24, 2.45) is 10.9 Å². The molecule has 0 aliphatic rings. The Kier molecular flexibility index (Phi) is 11.2. The van der Waals surface area contributed by atoms with E-state index >= 15 is 0 Å². The summed E-state index contributed by atoms with van der Waals surface area (Å²) < 4.78 is 0. The van der Waals surface area contributed by atoms with Crippen LogP contribution in [0.25, 0.3) is 0 Å². The van der Waals surface area contributed by atoms with Gasteiger partial charge in [-0.2, -0.15) is 0 Å². The molecule has 1 aromatic heterocycles. The summed E-state index contributed by atoms with van der Waals surface area (Å²) in [5.41, 5.74) is 0. The van der Waals surface area contributed by atoms with Gasteiger partial charge in [-0.3, -0.25) is 4.99 Å². The average molecular weight is 409 g/mol. The number of nitrogens with zero attached hydrogens (tertiary/aromatic N) is 1. The van der Waals surface area contributed by atoms with Crippen molar-refractivity contribution in [2.45, 2.75) is 46.1 Å². The van der Waals surface area contributed by atoms with Crippen LogP contribution in [-0.2, 0) is 6.42 Å². The maximum absolute atomic E-state index is 4.27. The molecule has 3 nitrogen and oxygen atoms in total. The summed E-state index contributed by atoms with van der Waals surface area (Å²) in [6.45, 7) is 7.67. The first kappa shape index (κ1) is 19.7. The van der Waals surface area contributed by atoms with Gasteiger partial charge in [0.25, 0.3) is 0 Å². The standard InChI is InChI=1S/C15H27N3S.HI/c1-12(2)7-8-13(3)18-15(16-4)17-10-9-14-6-5-11-19-14;/h5-6,11-13H,7-10H2,1-4H3,(H2,16,17,18);1H. The van der Waals surface area contributed by atoms with Crippen molar-refractivity contribution in [1.82, 2.24) is 10.6 Å². The van der Waals surface area contributed by atoms with Crippen LogP contribution in [0, 0.1) is 5.92 Å². The molecule has 1 aromatic rings. The summed E-state index contributed by atoms with van der Waals surface area (Å²) in [7, 11) is 1.83. The Balaban J connectivity index is 0.00000361. The highest BCUT2D eigenvalue weighted by Crippen LogP contribution is 2.08. The lowest BCUT2D eigenvalue weighted by atomic mass is 10.0. The van der Waals surface area contributed by atoms with Crippen LogP contribution < -0.4 is 10.6 Å². The largest absolute Gasteiger partial charge is 0.356 e. The topological polar surface area (TPSA) is 36.4 Å². The first-order chi connectivity index (χ1) is 9.11. The number of hydrogen-bond acceptors (Lipinski definition) is 2. The zero-order chi connectivity index (χ0) is 14.1. The van der Waals surface area contributed by atoms with Gasteiger partial charge in [0.05, 0.1) is 0 Å². The monoisotopic (exact) mass is 409 g/mol. The normalized spacial score (nSPS) is 12.9. The third-order valence-electron chi connectivity index (χ3n) is 3.03. The van der Waals surface area contributed by atoms with E-state index in [2.05, 4.69) is 53.9 Å². The Morgan fingerprint density at radius 1 is 1.30 bits per heavy atom. The molecule has 0 bridgehead atoms. The highest BCUT2D eigenvalue weighted by atomic mass is 127. The molecule has 116 valence electrons. The molecule has 1 unspecified atom stereocenters. The molecule has 1 heterocycles. The van der Waals surface area contributed by atoms with Crippen molar-refractivity contribution >= 4 is 41.3 Å². The van der Waals surface area contributed by atoms with Crippen molar-refractivity contribution in [1.29, 1.82) is 0 Å². The molecule has 0 aromatic carbocycles. The molecule has 0 amide bonds. The lowest BCUT2D eigenvalue weighted by Gasteiger charge is -2.18. The van der Waals surface area contributed by atoms with Crippen LogP contribution in [0.1, 0.15) is 38.5 Å². The van der Waals surface area contributed by atoms with Gasteiger partial charge in [-0.25, -0.2) is 0 Å². The SMILES string of the molecule is CN=C(NCCc1cccs1)NC(C)CCC(C)C.I. The summed E-state index contributed by atoms with van der Waals surface area (Å²) in [6, 6.07) is 4.74. The molecule has 0 aliphatic carbocycles. The lowest BCUT2D eigenvalue weighted by molar-refractivity contribution is 0.489. The highest BCUT2D eigenvalue weighted by molar-refractivity contribution is 14.0. The predicted octanol–water partition coefficient (Wildman–Crippen LogP) is 3.90. The Morgan fingerprint density at radius 2 is 2.05 bits per heavy atom. The van der Waals surface area contributed by atoms with Crippen LogP contribution in [-0.4, -0.2) is 25.6 Å². The van der Waals surface area contributed by atoms with Crippen molar-refractivity contribution < 1.29 is 0 Å². The fourth-order valence-electron chi connectivity index (χ4n) is 1.84. The molecule has 5 heteroatoms. The molecule has 1 atom stereocenters. The fraction of sp³-hybridized carbons (Fsp3) is 0.667. The van der Waals surface area contributed by atoms with Crippen molar-refractivity contribution in [3.63, 3.8) is 0 Å². The van der Waals surface area contributed by atoms with E-state index in [0.717, 1.165) is 24.8 Å². The Labute approximate surface area is 144 Å². The molecular weight excluding hydrogens is 381 g/mol. The Hall–Kier alpha value is -0.300. The number of aliphatic imine (C=N–C) groups is 1. The van der Waals surface area contributed by atoms with E-state index in [9.17, 15) is 0 Å². The number of nitrogens with one attached hydrogen (secondary N) is 2. The van der Waals surface area contributed by atoms with E-state index in [0.29, 0.717) is 6.04 Å². The molecule has 0 saturated carbocycles. The quantitative estimate of drug-likeness (QED) is 0.407. The maximum atomic E-state index is 4.27. The second-order valence-electron chi connectivity index (χ2n) is 5.34. The Bertz CT molecular complexity index is 363. The average Bonchev–Trinajstić information content (AvgIpc) is 2.88. The minimum atomic E-state index is 0. The minimum absolute atomic E-state index is 0. The summed E-state index contributed by atoms with van der Waals surface area (Å²) in [4.78, 5) is 5.68. The summed E-state index contributed by atoms with van der Waals surface area (Å²) in [5, 5.41) is 8.94. The van der Waals surface area contributed by atoms with E-state index in [1.54, 1.807) is 0 Å². The third kappa shape index (κ3) is 8.79. The molecule has 2 N–H and O–H groups in total. The van der Waals surface area contributed by atoms with Gasteiger partial charge in [0, 0.05) is 24.5 Å². The van der Waals surface area contributed by atoms with Crippen LogP contribution in [0.2, 0.25) is 0 Å². The highest BCUT2D eigenvalue weighted by Gasteiger charge is 2.06. The van der Waals surface area contributed by atoms with Crippen molar-refractivity contribution in [3.8, 4) is 0 Å². The smallest absolute Gasteiger partial charge is 0.191 e. The maximum Gasteiger partial charge on any atom is 0.191 e. The van der Waals surface area contributed by atoms with Gasteiger partial charge in [0.1, 0.15) is 0 Å². The molecule has 1 rings (SSSR count). The van der Waals surface area contributed by atoms with Gasteiger partial charge >= 0.3 is 0 Å². The predicted molar refractivity (Wildman–Crippen MR) is 101 cm³/mol. The molecule has 0 aliphatic heterocycles. The van der Waals surface area contributed by atoms with E-state index < -0.39 is 0 Å². The molecular formula is C15H28IN3S. The van der Waals surface area contributed by atoms with E-state index in [-0.39, 0.29) is 24.0 Å². The molecule has 0 fully saturated rings. The van der Waals surface area contributed by atoms with Gasteiger partial charge in [0.2, 0.25) is 0 Å². The third-order valence-corrected chi connectivity index (χ3v) is 3.96. The summed E-state index contributed by atoms with van der Waals surface area (Å²) >= 11 is 1.81. The lowest BCUT2D eigenvalue weighted by Crippen LogP contribution is -2.42. The molecule has 0 saturated heterocycles. The zero-order valence-electron chi connectivity index (χ0n) is 13.0. The van der Waals surface area contributed by atoms with Gasteiger partial charge in [-0.15, -0.1) is 35.3 Å². The van der Waals surface area contributed by atoms with E-state index in [4.69, 9.17) is 0 Å². The first-order valence-corrected chi connectivity index (χ1v) is 7.99. The second kappa shape index (κ2) is 11.4. The van der Waals surface area contributed by atoms with Crippen molar-refractivity contribution in [2.75, 3.05) is 13.6 Å². The van der Waals surface area contributed by atoms with Crippen LogP contribution in [0.5, 0.6) is 0 Å². The number of hydrogen-bond donors (Lipinski definition) is 2.